The van der Waals surface area contributed by atoms with Crippen LogP contribution in [0.25, 0.3) is 0 Å². The molecule has 34 heavy (non-hydrogen) atoms. The Bertz CT molecular complexity index is 918. The number of allylic oxidation sites excluding steroid dienone is 2. The smallest absolute Gasteiger partial charge is 0.231 e. The van der Waals surface area contributed by atoms with Gasteiger partial charge in [0.25, 0.3) is 0 Å². The average molecular weight is 462 g/mol. The first-order valence-corrected chi connectivity index (χ1v) is 14.3. The summed E-state index contributed by atoms with van der Waals surface area (Å²) in [5.41, 5.74) is 3.02. The standard InChI is InChI=1S/C32H47NO/c1-22(2)10-9-11-23(3)26-15-16-27-25-14-17-29-32(5,28(25)18-20-31(26,27)4)21-19-30(34)33(29)24-12-7-6-8-13-24/h6-8,12-13,17,22-23,25-28H,9-11,14-16,18-21H2,1-5H3/t23-,25+,26+,27-,28+,31+,32+/m0/s1. The van der Waals surface area contributed by atoms with Crippen LogP contribution in [0.5, 0.6) is 0 Å². The van der Waals surface area contributed by atoms with Crippen molar-refractivity contribution in [1.29, 1.82) is 0 Å². The number of benzene rings is 1. The van der Waals surface area contributed by atoms with Gasteiger partial charge in [0.2, 0.25) is 5.91 Å². The summed E-state index contributed by atoms with van der Waals surface area (Å²) in [4.78, 5) is 15.2. The lowest BCUT2D eigenvalue weighted by Gasteiger charge is -2.59. The number of rotatable bonds is 6. The number of hydrogen-bond acceptors (Lipinski definition) is 1. The predicted octanol–water partition coefficient (Wildman–Crippen LogP) is 8.63. The first-order valence-electron chi connectivity index (χ1n) is 14.3. The number of anilines is 1. The molecule has 1 saturated heterocycles. The average Bonchev–Trinajstić information content (AvgIpc) is 3.17. The zero-order chi connectivity index (χ0) is 24.1. The van der Waals surface area contributed by atoms with Crippen molar-refractivity contribution < 1.29 is 4.79 Å². The predicted molar refractivity (Wildman–Crippen MR) is 142 cm³/mol. The molecular weight excluding hydrogens is 414 g/mol. The fourth-order valence-electron chi connectivity index (χ4n) is 9.24. The van der Waals surface area contributed by atoms with Crippen molar-refractivity contribution in [2.45, 2.75) is 98.8 Å². The minimum Gasteiger partial charge on any atom is -0.285 e. The van der Waals surface area contributed by atoms with Crippen molar-refractivity contribution in [3.05, 3.63) is 42.1 Å². The van der Waals surface area contributed by atoms with E-state index in [2.05, 4.69) is 69.9 Å². The Morgan fingerprint density at radius 1 is 0.971 bits per heavy atom. The number of carbonyl (C=O) groups excluding carboxylic acids is 1. The van der Waals surface area contributed by atoms with Crippen molar-refractivity contribution in [3.63, 3.8) is 0 Å². The van der Waals surface area contributed by atoms with Gasteiger partial charge in [0.1, 0.15) is 0 Å². The summed E-state index contributed by atoms with van der Waals surface area (Å²) in [7, 11) is 0. The van der Waals surface area contributed by atoms with Crippen LogP contribution in [0.4, 0.5) is 5.69 Å². The van der Waals surface area contributed by atoms with E-state index >= 15 is 0 Å². The van der Waals surface area contributed by atoms with Gasteiger partial charge in [0, 0.05) is 23.2 Å². The number of fused-ring (bicyclic) bond motifs is 5. The fourth-order valence-corrected chi connectivity index (χ4v) is 9.24. The number of hydrogen-bond donors (Lipinski definition) is 0. The van der Waals surface area contributed by atoms with Gasteiger partial charge in [-0.1, -0.05) is 78.2 Å². The quantitative estimate of drug-likeness (QED) is 0.415. The van der Waals surface area contributed by atoms with Crippen LogP contribution in [0.2, 0.25) is 0 Å². The zero-order valence-electron chi connectivity index (χ0n) is 22.4. The lowest BCUT2D eigenvalue weighted by atomic mass is 9.48. The van der Waals surface area contributed by atoms with Crippen LogP contribution in [0, 0.1) is 46.3 Å². The summed E-state index contributed by atoms with van der Waals surface area (Å²) in [6.07, 6.45) is 15.2. The molecule has 5 rings (SSSR count). The van der Waals surface area contributed by atoms with E-state index in [9.17, 15) is 4.79 Å². The molecular formula is C32H47NO. The normalized spacial score (nSPS) is 38.2. The number of carbonyl (C=O) groups is 1. The molecule has 4 aliphatic rings. The lowest BCUT2D eigenvalue weighted by Crippen LogP contribution is -2.54. The molecule has 2 heteroatoms. The van der Waals surface area contributed by atoms with Gasteiger partial charge in [-0.15, -0.1) is 0 Å². The van der Waals surface area contributed by atoms with Gasteiger partial charge in [-0.3, -0.25) is 9.69 Å². The van der Waals surface area contributed by atoms with E-state index in [4.69, 9.17) is 0 Å². The molecule has 7 atom stereocenters. The summed E-state index contributed by atoms with van der Waals surface area (Å²) >= 11 is 0. The zero-order valence-corrected chi connectivity index (χ0v) is 22.4. The molecule has 2 saturated carbocycles. The molecule has 0 N–H and O–H groups in total. The maximum absolute atomic E-state index is 13.1. The highest BCUT2D eigenvalue weighted by Gasteiger charge is 2.60. The maximum Gasteiger partial charge on any atom is 0.231 e. The number of nitrogens with zero attached hydrogens (tertiary/aromatic N) is 1. The van der Waals surface area contributed by atoms with Crippen LogP contribution >= 0.6 is 0 Å². The van der Waals surface area contributed by atoms with Gasteiger partial charge in [0.15, 0.2) is 0 Å². The van der Waals surface area contributed by atoms with Crippen molar-refractivity contribution in [3.8, 4) is 0 Å². The summed E-state index contributed by atoms with van der Waals surface area (Å²) in [5.74, 6) is 5.25. The second kappa shape index (κ2) is 9.14. The van der Waals surface area contributed by atoms with Crippen LogP contribution in [0.15, 0.2) is 42.1 Å². The summed E-state index contributed by atoms with van der Waals surface area (Å²) in [6.45, 7) is 12.5. The van der Waals surface area contributed by atoms with Gasteiger partial charge < -0.3 is 0 Å². The molecule has 2 nitrogen and oxygen atoms in total. The number of piperidine rings is 1. The fraction of sp³-hybridized carbons (Fsp3) is 0.719. The SMILES string of the molecule is CC(C)CCC[C@H](C)[C@H]1CC[C@H]2[C@H]3CC=C4N(c5ccccc5)C(=O)CC[C@]4(C)[C@@H]3CC[C@]12C. The lowest BCUT2D eigenvalue weighted by molar-refractivity contribution is -0.122. The van der Waals surface area contributed by atoms with Gasteiger partial charge >= 0.3 is 0 Å². The van der Waals surface area contributed by atoms with Crippen molar-refractivity contribution in [2.75, 3.05) is 4.90 Å². The van der Waals surface area contributed by atoms with E-state index in [1.165, 1.54) is 57.1 Å². The van der Waals surface area contributed by atoms with Crippen LogP contribution in [-0.2, 0) is 4.79 Å². The third-order valence-electron chi connectivity index (χ3n) is 11.0. The Hall–Kier alpha value is -1.57. The molecule has 1 aliphatic heterocycles. The van der Waals surface area contributed by atoms with Gasteiger partial charge in [-0.05, 0) is 91.6 Å². The molecule has 1 aromatic rings. The molecule has 0 aromatic heterocycles. The minimum atomic E-state index is 0.134. The van der Waals surface area contributed by atoms with E-state index in [0.717, 1.165) is 47.6 Å². The summed E-state index contributed by atoms with van der Waals surface area (Å²) < 4.78 is 0. The first kappa shape index (κ1) is 24.1. The summed E-state index contributed by atoms with van der Waals surface area (Å²) in [5, 5.41) is 0. The van der Waals surface area contributed by atoms with Crippen LogP contribution in [-0.4, -0.2) is 5.91 Å². The van der Waals surface area contributed by atoms with E-state index in [1.54, 1.807) is 0 Å². The number of amides is 1. The molecule has 1 aromatic carbocycles. The Kier molecular flexibility index (Phi) is 6.49. The third-order valence-corrected chi connectivity index (χ3v) is 11.0. The highest BCUT2D eigenvalue weighted by molar-refractivity contribution is 5.98. The number of para-hydroxylation sites is 1. The van der Waals surface area contributed by atoms with E-state index in [0.29, 0.717) is 11.8 Å². The molecule has 3 aliphatic carbocycles. The van der Waals surface area contributed by atoms with Crippen molar-refractivity contribution in [2.24, 2.45) is 46.3 Å². The molecule has 0 spiro atoms. The van der Waals surface area contributed by atoms with E-state index in [-0.39, 0.29) is 11.3 Å². The Labute approximate surface area is 208 Å². The Morgan fingerprint density at radius 3 is 2.47 bits per heavy atom. The largest absolute Gasteiger partial charge is 0.285 e. The molecule has 3 fully saturated rings. The second-order valence-electron chi connectivity index (χ2n) is 13.2. The van der Waals surface area contributed by atoms with Gasteiger partial charge in [-0.2, -0.15) is 0 Å². The molecule has 1 heterocycles. The van der Waals surface area contributed by atoms with Gasteiger partial charge in [-0.25, -0.2) is 0 Å². The van der Waals surface area contributed by atoms with Crippen LogP contribution in [0.3, 0.4) is 0 Å². The molecule has 1 amide bonds. The van der Waals surface area contributed by atoms with Crippen LogP contribution < -0.4 is 4.90 Å². The second-order valence-corrected chi connectivity index (χ2v) is 13.2. The van der Waals surface area contributed by atoms with E-state index < -0.39 is 0 Å². The highest BCUT2D eigenvalue weighted by Crippen LogP contribution is 2.67. The minimum absolute atomic E-state index is 0.134. The van der Waals surface area contributed by atoms with Crippen LogP contribution in [0.1, 0.15) is 98.8 Å². The Balaban J connectivity index is 1.39. The van der Waals surface area contributed by atoms with Gasteiger partial charge in [0.05, 0.1) is 0 Å². The summed E-state index contributed by atoms with van der Waals surface area (Å²) in [6, 6.07) is 10.4. The Morgan fingerprint density at radius 2 is 1.74 bits per heavy atom. The topological polar surface area (TPSA) is 20.3 Å². The molecule has 0 bridgehead atoms. The third kappa shape index (κ3) is 3.88. The highest BCUT2D eigenvalue weighted by atomic mass is 16.2. The van der Waals surface area contributed by atoms with E-state index in [1.807, 2.05) is 6.07 Å². The molecule has 186 valence electrons. The maximum atomic E-state index is 13.1. The monoisotopic (exact) mass is 461 g/mol. The van der Waals surface area contributed by atoms with Crippen molar-refractivity contribution in [1.82, 2.24) is 0 Å². The molecule has 0 unspecified atom stereocenters. The molecule has 0 radical (unpaired) electrons. The van der Waals surface area contributed by atoms with Crippen molar-refractivity contribution >= 4 is 11.6 Å². The first-order chi connectivity index (χ1) is 16.3.